The lowest BCUT2D eigenvalue weighted by Crippen LogP contribution is -2.14. The van der Waals surface area contributed by atoms with Gasteiger partial charge in [0, 0.05) is 25.1 Å². The Morgan fingerprint density at radius 1 is 1.27 bits per heavy atom. The summed E-state index contributed by atoms with van der Waals surface area (Å²) in [6, 6.07) is 4.06. The third-order valence-electron chi connectivity index (χ3n) is 3.73. The smallest absolute Gasteiger partial charge is 0.226 e. The summed E-state index contributed by atoms with van der Waals surface area (Å²) in [5.74, 6) is 2.09. The molecule has 1 aliphatic rings. The molecule has 0 fully saturated rings. The van der Waals surface area contributed by atoms with Gasteiger partial charge in [-0.2, -0.15) is 4.98 Å². The minimum Gasteiger partial charge on any atom is -0.480 e. The van der Waals surface area contributed by atoms with E-state index < -0.39 is 0 Å². The molecule has 0 unspecified atom stereocenters. The van der Waals surface area contributed by atoms with E-state index in [0.29, 0.717) is 11.7 Å². The van der Waals surface area contributed by atoms with E-state index in [9.17, 15) is 0 Å². The molecule has 4 heterocycles. The molecule has 0 aromatic carbocycles. The molecule has 0 amide bonds. The third kappa shape index (κ3) is 1.92. The third-order valence-corrected chi connectivity index (χ3v) is 3.73. The highest BCUT2D eigenvalue weighted by Crippen LogP contribution is 2.36. The summed E-state index contributed by atoms with van der Waals surface area (Å²) in [4.78, 5) is 13.2. The molecule has 6 heteroatoms. The predicted octanol–water partition coefficient (Wildman–Crippen LogP) is 2.30. The second-order valence-corrected chi connectivity index (χ2v) is 5.11. The number of imidazole rings is 1. The maximum Gasteiger partial charge on any atom is 0.226 e. The second kappa shape index (κ2) is 4.84. The van der Waals surface area contributed by atoms with Gasteiger partial charge in [0.1, 0.15) is 17.3 Å². The SMILES string of the molecule is COc1nc(C)nc2c1C(c1ccc3nccn3c1)=CCN2. The van der Waals surface area contributed by atoms with Gasteiger partial charge >= 0.3 is 0 Å². The van der Waals surface area contributed by atoms with Crippen molar-refractivity contribution >= 4 is 17.0 Å². The van der Waals surface area contributed by atoms with Gasteiger partial charge in [0.05, 0.1) is 12.7 Å². The van der Waals surface area contributed by atoms with Crippen molar-refractivity contribution in [2.24, 2.45) is 0 Å². The van der Waals surface area contributed by atoms with E-state index in [1.807, 2.05) is 23.6 Å². The fourth-order valence-corrected chi connectivity index (χ4v) is 2.76. The lowest BCUT2D eigenvalue weighted by Gasteiger charge is -2.21. The van der Waals surface area contributed by atoms with Crippen LogP contribution in [-0.2, 0) is 0 Å². The highest BCUT2D eigenvalue weighted by atomic mass is 16.5. The van der Waals surface area contributed by atoms with Crippen LogP contribution in [0.5, 0.6) is 5.88 Å². The molecule has 22 heavy (non-hydrogen) atoms. The lowest BCUT2D eigenvalue weighted by molar-refractivity contribution is 0.394. The van der Waals surface area contributed by atoms with Crippen LogP contribution in [-0.4, -0.2) is 33.0 Å². The molecule has 0 bridgehead atoms. The van der Waals surface area contributed by atoms with Gasteiger partial charge in [0.2, 0.25) is 5.88 Å². The fourth-order valence-electron chi connectivity index (χ4n) is 2.76. The molecule has 0 spiro atoms. The van der Waals surface area contributed by atoms with Gasteiger partial charge in [-0.05, 0) is 30.2 Å². The first-order valence-electron chi connectivity index (χ1n) is 7.06. The number of nitrogens with zero attached hydrogens (tertiary/aromatic N) is 4. The van der Waals surface area contributed by atoms with E-state index in [1.54, 1.807) is 13.3 Å². The minimum atomic E-state index is 0.590. The lowest BCUT2D eigenvalue weighted by atomic mass is 9.97. The Kier molecular flexibility index (Phi) is 2.82. The van der Waals surface area contributed by atoms with E-state index in [-0.39, 0.29) is 0 Å². The molecule has 4 rings (SSSR count). The van der Waals surface area contributed by atoms with E-state index in [2.05, 4.69) is 38.6 Å². The zero-order valence-electron chi connectivity index (χ0n) is 12.4. The molecule has 0 saturated heterocycles. The molecule has 0 saturated carbocycles. The topological polar surface area (TPSA) is 64.3 Å². The second-order valence-electron chi connectivity index (χ2n) is 5.11. The molecule has 1 aliphatic heterocycles. The molecule has 6 nitrogen and oxygen atoms in total. The highest BCUT2D eigenvalue weighted by molar-refractivity contribution is 5.89. The Bertz CT molecular complexity index is 897. The number of ether oxygens (including phenoxy) is 1. The molecule has 0 atom stereocenters. The fraction of sp³-hybridized carbons (Fsp3) is 0.188. The summed E-state index contributed by atoms with van der Waals surface area (Å²) in [7, 11) is 1.63. The summed E-state index contributed by atoms with van der Waals surface area (Å²) < 4.78 is 7.47. The van der Waals surface area contributed by atoms with Crippen molar-refractivity contribution in [3.8, 4) is 5.88 Å². The van der Waals surface area contributed by atoms with Crippen LogP contribution in [0.4, 0.5) is 5.82 Å². The zero-order chi connectivity index (χ0) is 15.1. The first-order valence-corrected chi connectivity index (χ1v) is 7.06. The number of hydrogen-bond acceptors (Lipinski definition) is 5. The number of nitrogens with one attached hydrogen (secondary N) is 1. The van der Waals surface area contributed by atoms with Crippen molar-refractivity contribution in [1.82, 2.24) is 19.4 Å². The average Bonchev–Trinajstić information content (AvgIpc) is 3.00. The monoisotopic (exact) mass is 293 g/mol. The van der Waals surface area contributed by atoms with Crippen molar-refractivity contribution in [3.63, 3.8) is 0 Å². The van der Waals surface area contributed by atoms with Crippen molar-refractivity contribution in [2.45, 2.75) is 6.92 Å². The Morgan fingerprint density at radius 3 is 3.05 bits per heavy atom. The average molecular weight is 293 g/mol. The summed E-state index contributed by atoms with van der Waals surface area (Å²) >= 11 is 0. The van der Waals surface area contributed by atoms with Crippen molar-refractivity contribution in [1.29, 1.82) is 0 Å². The van der Waals surface area contributed by atoms with Crippen molar-refractivity contribution in [3.05, 3.63) is 53.8 Å². The van der Waals surface area contributed by atoms with Gasteiger partial charge < -0.3 is 14.5 Å². The van der Waals surface area contributed by atoms with Gasteiger partial charge in [0.25, 0.3) is 0 Å². The van der Waals surface area contributed by atoms with E-state index >= 15 is 0 Å². The number of rotatable bonds is 2. The molecule has 0 radical (unpaired) electrons. The minimum absolute atomic E-state index is 0.590. The van der Waals surface area contributed by atoms with Crippen LogP contribution in [0.15, 0.2) is 36.8 Å². The zero-order valence-corrected chi connectivity index (χ0v) is 12.4. The Hall–Kier alpha value is -2.89. The summed E-state index contributed by atoms with van der Waals surface area (Å²) in [6.07, 6.45) is 7.91. The number of aromatic nitrogens is 4. The van der Waals surface area contributed by atoms with Crippen LogP contribution in [0.1, 0.15) is 17.0 Å². The van der Waals surface area contributed by atoms with E-state index in [0.717, 1.165) is 34.7 Å². The van der Waals surface area contributed by atoms with Crippen LogP contribution in [0.25, 0.3) is 11.2 Å². The summed E-state index contributed by atoms with van der Waals surface area (Å²) in [5, 5.41) is 3.28. The van der Waals surface area contributed by atoms with Crippen molar-refractivity contribution in [2.75, 3.05) is 19.0 Å². The summed E-state index contributed by atoms with van der Waals surface area (Å²) in [6.45, 7) is 2.59. The van der Waals surface area contributed by atoms with E-state index in [4.69, 9.17) is 4.74 Å². The van der Waals surface area contributed by atoms with Crippen LogP contribution >= 0.6 is 0 Å². The molecular formula is C16H15N5O. The standard InChI is InChI=1S/C16H15N5O/c1-10-19-15-14(16(20-10)22-2)12(5-6-18-15)11-3-4-13-17-7-8-21(13)9-11/h3-5,7-9H,6H2,1-2H3,(H,18,19,20). The predicted molar refractivity (Wildman–Crippen MR) is 84.1 cm³/mol. The number of fused-ring (bicyclic) bond motifs is 2. The maximum atomic E-state index is 5.47. The van der Waals surface area contributed by atoms with Gasteiger partial charge in [-0.15, -0.1) is 0 Å². The Balaban J connectivity index is 1.92. The Labute approximate surface area is 127 Å². The first-order chi connectivity index (χ1) is 10.8. The Morgan fingerprint density at radius 2 is 2.18 bits per heavy atom. The van der Waals surface area contributed by atoms with Gasteiger partial charge in [-0.3, -0.25) is 0 Å². The van der Waals surface area contributed by atoms with E-state index in [1.165, 1.54) is 0 Å². The van der Waals surface area contributed by atoms with Crippen LogP contribution in [0.3, 0.4) is 0 Å². The molecule has 3 aromatic rings. The van der Waals surface area contributed by atoms with Crippen LogP contribution in [0.2, 0.25) is 0 Å². The number of methoxy groups -OCH3 is 1. The number of anilines is 1. The number of hydrogen-bond donors (Lipinski definition) is 1. The molecule has 1 N–H and O–H groups in total. The highest BCUT2D eigenvalue weighted by Gasteiger charge is 2.22. The molecule has 110 valence electrons. The van der Waals surface area contributed by atoms with Crippen molar-refractivity contribution < 1.29 is 4.74 Å². The quantitative estimate of drug-likeness (QED) is 0.785. The molecule has 3 aromatic heterocycles. The number of pyridine rings is 1. The largest absolute Gasteiger partial charge is 0.480 e. The van der Waals surface area contributed by atoms with Gasteiger partial charge in [-0.25, -0.2) is 9.97 Å². The van der Waals surface area contributed by atoms with Crippen LogP contribution in [0, 0.1) is 6.92 Å². The molecule has 0 aliphatic carbocycles. The molecular weight excluding hydrogens is 278 g/mol. The first kappa shape index (κ1) is 12.8. The van der Waals surface area contributed by atoms with Crippen LogP contribution < -0.4 is 10.1 Å². The number of aryl methyl sites for hydroxylation is 1. The summed E-state index contributed by atoms with van der Waals surface area (Å²) in [5.41, 5.74) is 3.98. The van der Waals surface area contributed by atoms with Gasteiger partial charge in [0.15, 0.2) is 0 Å². The normalized spacial score (nSPS) is 13.5. The van der Waals surface area contributed by atoms with Gasteiger partial charge in [-0.1, -0.05) is 6.08 Å². The maximum absolute atomic E-state index is 5.47.